The number of Topliss-reactive ketones (excluding diaryl/α,β-unsaturated/α-hetero) is 1. The van der Waals surface area contributed by atoms with Crippen molar-refractivity contribution in [2.45, 2.75) is 6.04 Å². The fraction of sp³-hybridized carbons (Fsp3) is 0.0417. The van der Waals surface area contributed by atoms with Crippen LogP contribution >= 0.6 is 0 Å². The van der Waals surface area contributed by atoms with Crippen LogP contribution in [0.3, 0.4) is 0 Å². The van der Waals surface area contributed by atoms with E-state index in [-0.39, 0.29) is 22.4 Å². The van der Waals surface area contributed by atoms with Crippen molar-refractivity contribution in [3.63, 3.8) is 0 Å². The Bertz CT molecular complexity index is 1410. The Morgan fingerprint density at radius 3 is 2.59 bits per heavy atom. The highest BCUT2D eigenvalue weighted by Gasteiger charge is 2.46. The lowest BCUT2D eigenvalue weighted by Crippen LogP contribution is -2.31. The molecule has 0 saturated heterocycles. The smallest absolute Gasteiger partial charge is 0.294 e. The first-order valence-electron chi connectivity index (χ1n) is 9.71. The second-order valence-electron chi connectivity index (χ2n) is 7.28. The highest BCUT2D eigenvalue weighted by molar-refractivity contribution is 6.21. The standard InChI is InChI=1S/C24H15F2N3O3/c25-16-8-4-7-15(20(16)26)21-19(22(30)13-5-2-1-3-6-13)23(31)24(32)29(21)14-9-10-17-18(11-14)28-12-27-17/h1-12,21,31H,(H,27,28). The molecule has 0 bridgehead atoms. The van der Waals surface area contributed by atoms with Gasteiger partial charge in [-0.05, 0) is 24.3 Å². The van der Waals surface area contributed by atoms with E-state index in [1.807, 2.05) is 0 Å². The van der Waals surface area contributed by atoms with Gasteiger partial charge in [-0.2, -0.15) is 0 Å². The van der Waals surface area contributed by atoms with Gasteiger partial charge in [0.15, 0.2) is 23.2 Å². The largest absolute Gasteiger partial charge is 0.503 e. The SMILES string of the molecule is O=C(C1=C(O)C(=O)N(c2ccc3[nH]cnc3c2)C1c1cccc(F)c1F)c1ccccc1. The molecule has 1 aliphatic heterocycles. The summed E-state index contributed by atoms with van der Waals surface area (Å²) in [7, 11) is 0. The van der Waals surface area contributed by atoms with Gasteiger partial charge in [0.1, 0.15) is 0 Å². The molecule has 32 heavy (non-hydrogen) atoms. The van der Waals surface area contributed by atoms with Crippen molar-refractivity contribution in [3.8, 4) is 0 Å². The lowest BCUT2D eigenvalue weighted by molar-refractivity contribution is -0.117. The van der Waals surface area contributed by atoms with Crippen LogP contribution in [0.4, 0.5) is 14.5 Å². The summed E-state index contributed by atoms with van der Waals surface area (Å²) >= 11 is 0. The lowest BCUT2D eigenvalue weighted by Gasteiger charge is -2.27. The number of hydrogen-bond donors (Lipinski definition) is 2. The molecule has 8 heteroatoms. The van der Waals surface area contributed by atoms with Gasteiger partial charge in [-0.1, -0.05) is 42.5 Å². The summed E-state index contributed by atoms with van der Waals surface area (Å²) in [6, 6.07) is 14.9. The molecule has 0 fully saturated rings. The number of amides is 1. The van der Waals surface area contributed by atoms with E-state index in [0.717, 1.165) is 11.0 Å². The molecule has 5 rings (SSSR count). The zero-order valence-electron chi connectivity index (χ0n) is 16.4. The quantitative estimate of drug-likeness (QED) is 0.462. The van der Waals surface area contributed by atoms with E-state index < -0.39 is 35.1 Å². The molecule has 1 amide bonds. The van der Waals surface area contributed by atoms with Crippen LogP contribution in [0, 0.1) is 11.6 Å². The number of aliphatic hydroxyl groups is 1. The average molecular weight is 431 g/mol. The number of aromatic nitrogens is 2. The number of H-pyrrole nitrogens is 1. The van der Waals surface area contributed by atoms with Crippen LogP contribution in [0.1, 0.15) is 22.0 Å². The molecule has 2 heterocycles. The second-order valence-corrected chi connectivity index (χ2v) is 7.28. The number of aliphatic hydroxyl groups excluding tert-OH is 1. The molecule has 1 aromatic heterocycles. The minimum Gasteiger partial charge on any atom is -0.503 e. The number of carbonyl (C=O) groups excluding carboxylic acids is 2. The summed E-state index contributed by atoms with van der Waals surface area (Å²) in [6.45, 7) is 0. The van der Waals surface area contributed by atoms with Gasteiger partial charge in [0.05, 0.1) is 29.0 Å². The van der Waals surface area contributed by atoms with Crippen molar-refractivity contribution in [3.05, 3.63) is 107 Å². The van der Waals surface area contributed by atoms with Gasteiger partial charge in [0, 0.05) is 16.8 Å². The molecular formula is C24H15F2N3O3. The van der Waals surface area contributed by atoms with Crippen molar-refractivity contribution >= 4 is 28.4 Å². The third-order valence-electron chi connectivity index (χ3n) is 5.45. The number of nitrogens with zero attached hydrogens (tertiary/aromatic N) is 2. The van der Waals surface area contributed by atoms with E-state index >= 15 is 0 Å². The first-order chi connectivity index (χ1) is 15.5. The monoisotopic (exact) mass is 431 g/mol. The number of ketones is 1. The van der Waals surface area contributed by atoms with Crippen LogP contribution in [0.5, 0.6) is 0 Å². The van der Waals surface area contributed by atoms with Gasteiger partial charge in [0.25, 0.3) is 5.91 Å². The third kappa shape index (κ3) is 2.96. The van der Waals surface area contributed by atoms with Crippen LogP contribution in [0.25, 0.3) is 11.0 Å². The van der Waals surface area contributed by atoms with Crippen LogP contribution in [0.2, 0.25) is 0 Å². The molecule has 0 radical (unpaired) electrons. The van der Waals surface area contributed by atoms with E-state index in [9.17, 15) is 23.5 Å². The Labute approximate surface area is 180 Å². The van der Waals surface area contributed by atoms with E-state index in [1.54, 1.807) is 36.4 Å². The molecular weight excluding hydrogens is 416 g/mol. The van der Waals surface area contributed by atoms with E-state index in [2.05, 4.69) is 9.97 Å². The average Bonchev–Trinajstić information content (AvgIpc) is 3.38. The number of imidazole rings is 1. The molecule has 1 atom stereocenters. The molecule has 6 nitrogen and oxygen atoms in total. The summed E-state index contributed by atoms with van der Waals surface area (Å²) in [4.78, 5) is 34.6. The predicted molar refractivity (Wildman–Crippen MR) is 113 cm³/mol. The zero-order chi connectivity index (χ0) is 22.4. The highest BCUT2D eigenvalue weighted by Crippen LogP contribution is 2.43. The fourth-order valence-electron chi connectivity index (χ4n) is 3.94. The fourth-order valence-corrected chi connectivity index (χ4v) is 3.94. The summed E-state index contributed by atoms with van der Waals surface area (Å²) in [5.74, 6) is -4.70. The number of hydrogen-bond acceptors (Lipinski definition) is 4. The van der Waals surface area contributed by atoms with Crippen molar-refractivity contribution < 1.29 is 23.5 Å². The van der Waals surface area contributed by atoms with Crippen LogP contribution in [-0.2, 0) is 4.79 Å². The Balaban J connectivity index is 1.72. The van der Waals surface area contributed by atoms with E-state index in [4.69, 9.17) is 0 Å². The molecule has 4 aromatic rings. The highest BCUT2D eigenvalue weighted by atomic mass is 19.2. The molecule has 0 saturated carbocycles. The molecule has 1 unspecified atom stereocenters. The molecule has 3 aromatic carbocycles. The number of fused-ring (bicyclic) bond motifs is 1. The Morgan fingerprint density at radius 1 is 1.03 bits per heavy atom. The van der Waals surface area contributed by atoms with Gasteiger partial charge >= 0.3 is 0 Å². The van der Waals surface area contributed by atoms with Gasteiger partial charge in [-0.25, -0.2) is 13.8 Å². The molecule has 0 aliphatic carbocycles. The first kappa shape index (κ1) is 19.6. The van der Waals surface area contributed by atoms with Gasteiger partial charge in [-0.3, -0.25) is 14.5 Å². The van der Waals surface area contributed by atoms with Crippen molar-refractivity contribution in [1.29, 1.82) is 0 Å². The Kier molecular flexibility index (Phi) is 4.55. The molecule has 1 aliphatic rings. The summed E-state index contributed by atoms with van der Waals surface area (Å²) in [5.41, 5.74) is 1.12. The maximum atomic E-state index is 14.9. The summed E-state index contributed by atoms with van der Waals surface area (Å²) in [5, 5.41) is 10.7. The summed E-state index contributed by atoms with van der Waals surface area (Å²) < 4.78 is 29.0. The van der Waals surface area contributed by atoms with Crippen molar-refractivity contribution in [1.82, 2.24) is 9.97 Å². The van der Waals surface area contributed by atoms with Crippen LogP contribution < -0.4 is 4.90 Å². The molecule has 0 spiro atoms. The van der Waals surface area contributed by atoms with Crippen molar-refractivity contribution in [2.24, 2.45) is 0 Å². The van der Waals surface area contributed by atoms with Crippen LogP contribution in [-0.4, -0.2) is 26.8 Å². The number of rotatable bonds is 4. The minimum absolute atomic E-state index is 0.202. The number of aromatic amines is 1. The van der Waals surface area contributed by atoms with E-state index in [1.165, 1.54) is 30.6 Å². The number of carbonyl (C=O) groups is 2. The molecule has 2 N–H and O–H groups in total. The summed E-state index contributed by atoms with van der Waals surface area (Å²) in [6.07, 6.45) is 1.48. The zero-order valence-corrected chi connectivity index (χ0v) is 16.4. The maximum absolute atomic E-state index is 14.9. The predicted octanol–water partition coefficient (Wildman–Crippen LogP) is 4.62. The van der Waals surface area contributed by atoms with Gasteiger partial charge in [-0.15, -0.1) is 0 Å². The number of halogens is 2. The van der Waals surface area contributed by atoms with Crippen molar-refractivity contribution in [2.75, 3.05) is 4.90 Å². The topological polar surface area (TPSA) is 86.3 Å². The third-order valence-corrected chi connectivity index (χ3v) is 5.45. The van der Waals surface area contributed by atoms with Gasteiger partial charge < -0.3 is 10.1 Å². The number of benzene rings is 3. The lowest BCUT2D eigenvalue weighted by atomic mass is 9.92. The minimum atomic E-state index is -1.37. The van der Waals surface area contributed by atoms with E-state index in [0.29, 0.717) is 11.0 Å². The first-order valence-corrected chi connectivity index (χ1v) is 9.71. The Hall–Kier alpha value is -4.33. The second kappa shape index (κ2) is 7.42. The number of nitrogens with one attached hydrogen (secondary N) is 1. The molecule has 158 valence electrons. The van der Waals surface area contributed by atoms with Crippen LogP contribution in [0.15, 0.2) is 84.4 Å². The van der Waals surface area contributed by atoms with Gasteiger partial charge in [0.2, 0.25) is 0 Å². The normalized spacial score (nSPS) is 16.2. The Morgan fingerprint density at radius 2 is 1.81 bits per heavy atom. The number of anilines is 1. The maximum Gasteiger partial charge on any atom is 0.294 e.